The SMILES string of the molecule is CCSC(C)c1[nH]nc2c1CCc1nn(-c3cncnc3)c(C#N)c1-2. The molecule has 1 atom stereocenters. The maximum atomic E-state index is 9.76. The van der Waals surface area contributed by atoms with E-state index in [2.05, 4.69) is 45.2 Å². The molecule has 0 aromatic carbocycles. The Hall–Kier alpha value is -2.66. The number of aryl methyl sites for hydroxylation is 1. The summed E-state index contributed by atoms with van der Waals surface area (Å²) < 4.78 is 1.62. The van der Waals surface area contributed by atoms with Crippen LogP contribution in [0.4, 0.5) is 0 Å². The van der Waals surface area contributed by atoms with Crippen molar-refractivity contribution in [2.45, 2.75) is 31.9 Å². The maximum absolute atomic E-state index is 9.76. The molecule has 1 N–H and O–H groups in total. The van der Waals surface area contributed by atoms with Crippen LogP contribution < -0.4 is 0 Å². The fourth-order valence-electron chi connectivity index (χ4n) is 3.33. The van der Waals surface area contributed by atoms with Gasteiger partial charge in [0.2, 0.25) is 0 Å². The highest BCUT2D eigenvalue weighted by molar-refractivity contribution is 7.99. The zero-order valence-electron chi connectivity index (χ0n) is 14.0. The molecule has 3 heterocycles. The van der Waals surface area contributed by atoms with Crippen molar-refractivity contribution in [1.29, 1.82) is 5.26 Å². The summed E-state index contributed by atoms with van der Waals surface area (Å²) in [6, 6.07) is 2.29. The summed E-state index contributed by atoms with van der Waals surface area (Å²) in [5.74, 6) is 1.05. The average Bonchev–Trinajstić information content (AvgIpc) is 3.23. The van der Waals surface area contributed by atoms with Gasteiger partial charge in [0.15, 0.2) is 5.69 Å². The molecule has 0 bridgehead atoms. The molecule has 1 aliphatic rings. The molecule has 3 aromatic heterocycles. The standard InChI is InChI=1S/C17H17N7S/c1-3-25-10(2)16-12-4-5-13-15(17(12)22-21-16)14(6-18)24(23-13)11-7-19-9-20-8-11/h7-10H,3-5H2,1-2H3,(H,21,22). The third-order valence-electron chi connectivity index (χ3n) is 4.43. The Kier molecular flexibility index (Phi) is 4.01. The first-order valence-corrected chi connectivity index (χ1v) is 9.26. The molecule has 0 saturated heterocycles. The van der Waals surface area contributed by atoms with Gasteiger partial charge in [-0.05, 0) is 25.5 Å². The van der Waals surface area contributed by atoms with E-state index in [9.17, 15) is 5.26 Å². The lowest BCUT2D eigenvalue weighted by Crippen LogP contribution is -2.05. The second-order valence-corrected chi connectivity index (χ2v) is 7.47. The number of aromatic amines is 1. The van der Waals surface area contributed by atoms with E-state index in [-0.39, 0.29) is 0 Å². The second-order valence-electron chi connectivity index (χ2n) is 5.85. The summed E-state index contributed by atoms with van der Waals surface area (Å²) >= 11 is 1.88. The van der Waals surface area contributed by atoms with E-state index in [1.807, 2.05) is 11.8 Å². The van der Waals surface area contributed by atoms with Gasteiger partial charge in [-0.25, -0.2) is 14.6 Å². The van der Waals surface area contributed by atoms with E-state index in [1.54, 1.807) is 17.1 Å². The van der Waals surface area contributed by atoms with E-state index >= 15 is 0 Å². The minimum atomic E-state index is 0.353. The number of H-pyrrole nitrogens is 1. The van der Waals surface area contributed by atoms with Gasteiger partial charge in [-0.15, -0.1) is 0 Å². The maximum Gasteiger partial charge on any atom is 0.154 e. The van der Waals surface area contributed by atoms with Crippen molar-refractivity contribution < 1.29 is 0 Å². The lowest BCUT2D eigenvalue weighted by molar-refractivity contribution is 0.797. The number of nitrogens with one attached hydrogen (secondary N) is 1. The van der Waals surface area contributed by atoms with Gasteiger partial charge in [-0.3, -0.25) is 5.10 Å². The molecule has 0 saturated carbocycles. The Morgan fingerprint density at radius 3 is 2.88 bits per heavy atom. The van der Waals surface area contributed by atoms with Gasteiger partial charge in [0, 0.05) is 10.8 Å². The van der Waals surface area contributed by atoms with Crippen molar-refractivity contribution in [3.8, 4) is 23.0 Å². The second kappa shape index (κ2) is 6.33. The first kappa shape index (κ1) is 15.8. The molecule has 0 radical (unpaired) electrons. The van der Waals surface area contributed by atoms with Crippen LogP contribution in [0.15, 0.2) is 18.7 Å². The molecule has 3 aromatic rings. The summed E-state index contributed by atoms with van der Waals surface area (Å²) in [5, 5.41) is 22.5. The highest BCUT2D eigenvalue weighted by Crippen LogP contribution is 2.40. The van der Waals surface area contributed by atoms with Crippen molar-refractivity contribution in [3.63, 3.8) is 0 Å². The largest absolute Gasteiger partial charge is 0.281 e. The Morgan fingerprint density at radius 2 is 2.16 bits per heavy atom. The minimum Gasteiger partial charge on any atom is -0.281 e. The zero-order chi connectivity index (χ0) is 17.4. The van der Waals surface area contributed by atoms with Crippen LogP contribution in [0.3, 0.4) is 0 Å². The lowest BCUT2D eigenvalue weighted by atomic mass is 9.92. The number of thioether (sulfide) groups is 1. The Labute approximate surface area is 149 Å². The predicted octanol–water partition coefficient (Wildman–Crippen LogP) is 2.84. The summed E-state index contributed by atoms with van der Waals surface area (Å²) in [7, 11) is 0. The molecule has 0 aliphatic heterocycles. The Balaban J connectivity index is 1.86. The van der Waals surface area contributed by atoms with Crippen LogP contribution in [-0.2, 0) is 12.8 Å². The van der Waals surface area contributed by atoms with Gasteiger partial charge in [0.1, 0.15) is 23.8 Å². The molecule has 1 unspecified atom stereocenters. The van der Waals surface area contributed by atoms with Crippen molar-refractivity contribution in [3.05, 3.63) is 41.4 Å². The van der Waals surface area contributed by atoms with Crippen molar-refractivity contribution >= 4 is 11.8 Å². The molecule has 126 valence electrons. The lowest BCUT2D eigenvalue weighted by Gasteiger charge is -2.14. The predicted molar refractivity (Wildman–Crippen MR) is 95.4 cm³/mol. The summed E-state index contributed by atoms with van der Waals surface area (Å²) in [6.45, 7) is 4.34. The summed E-state index contributed by atoms with van der Waals surface area (Å²) in [4.78, 5) is 8.06. The molecule has 0 fully saturated rings. The zero-order valence-corrected chi connectivity index (χ0v) is 14.8. The van der Waals surface area contributed by atoms with Crippen LogP contribution >= 0.6 is 11.8 Å². The van der Waals surface area contributed by atoms with Gasteiger partial charge in [-0.2, -0.15) is 27.2 Å². The highest BCUT2D eigenvalue weighted by Gasteiger charge is 2.30. The van der Waals surface area contributed by atoms with Crippen LogP contribution in [0.2, 0.25) is 0 Å². The normalized spacial score (nSPS) is 13.8. The van der Waals surface area contributed by atoms with Crippen LogP contribution in [0.5, 0.6) is 0 Å². The highest BCUT2D eigenvalue weighted by atomic mass is 32.2. The minimum absolute atomic E-state index is 0.353. The van der Waals surface area contributed by atoms with Crippen LogP contribution in [0.1, 0.15) is 41.7 Å². The molecule has 0 amide bonds. The Bertz CT molecular complexity index is 952. The molecule has 8 heteroatoms. The fraction of sp³-hybridized carbons (Fsp3) is 0.353. The van der Waals surface area contributed by atoms with Crippen molar-refractivity contribution in [1.82, 2.24) is 29.9 Å². The van der Waals surface area contributed by atoms with Crippen LogP contribution in [-0.4, -0.2) is 35.7 Å². The first-order valence-electron chi connectivity index (χ1n) is 8.21. The number of nitrogens with zero attached hydrogens (tertiary/aromatic N) is 6. The monoisotopic (exact) mass is 351 g/mol. The van der Waals surface area contributed by atoms with Gasteiger partial charge in [0.05, 0.1) is 29.3 Å². The molecule has 1 aliphatic carbocycles. The van der Waals surface area contributed by atoms with E-state index in [1.165, 1.54) is 11.9 Å². The number of hydrogen-bond donors (Lipinski definition) is 1. The van der Waals surface area contributed by atoms with E-state index in [0.717, 1.165) is 41.2 Å². The van der Waals surface area contributed by atoms with Crippen LogP contribution in [0, 0.1) is 11.3 Å². The first-order chi connectivity index (χ1) is 12.2. The number of aromatic nitrogens is 6. The van der Waals surface area contributed by atoms with Gasteiger partial charge in [0.25, 0.3) is 0 Å². The molecule has 7 nitrogen and oxygen atoms in total. The molecule has 25 heavy (non-hydrogen) atoms. The number of hydrogen-bond acceptors (Lipinski definition) is 6. The number of fused-ring (bicyclic) bond motifs is 3. The number of nitriles is 1. The topological polar surface area (TPSA) is 96.1 Å². The van der Waals surface area contributed by atoms with Crippen molar-refractivity contribution in [2.75, 3.05) is 5.75 Å². The third-order valence-corrected chi connectivity index (χ3v) is 5.50. The van der Waals surface area contributed by atoms with Gasteiger partial charge < -0.3 is 0 Å². The van der Waals surface area contributed by atoms with Gasteiger partial charge >= 0.3 is 0 Å². The van der Waals surface area contributed by atoms with E-state index in [4.69, 9.17) is 0 Å². The molecular formula is C17H17N7S. The fourth-order valence-corrected chi connectivity index (χ4v) is 4.19. The van der Waals surface area contributed by atoms with E-state index < -0.39 is 0 Å². The molecular weight excluding hydrogens is 334 g/mol. The molecule has 0 spiro atoms. The van der Waals surface area contributed by atoms with Crippen LogP contribution in [0.25, 0.3) is 16.9 Å². The number of rotatable bonds is 4. The Morgan fingerprint density at radius 1 is 1.36 bits per heavy atom. The average molecular weight is 351 g/mol. The van der Waals surface area contributed by atoms with Crippen molar-refractivity contribution in [2.24, 2.45) is 0 Å². The summed E-state index contributed by atoms with van der Waals surface area (Å²) in [6.07, 6.45) is 6.46. The quantitative estimate of drug-likeness (QED) is 0.776. The third kappa shape index (κ3) is 2.51. The smallest absolute Gasteiger partial charge is 0.154 e. The van der Waals surface area contributed by atoms with E-state index in [0.29, 0.717) is 16.6 Å². The van der Waals surface area contributed by atoms with Gasteiger partial charge in [-0.1, -0.05) is 6.92 Å². The summed E-state index contributed by atoms with van der Waals surface area (Å²) in [5.41, 5.74) is 6.14. The molecule has 4 rings (SSSR count).